The van der Waals surface area contributed by atoms with E-state index in [4.69, 9.17) is 0 Å². The minimum Gasteiger partial charge on any atom is -0.340 e. The van der Waals surface area contributed by atoms with Gasteiger partial charge in [-0.1, -0.05) is 44.2 Å². The summed E-state index contributed by atoms with van der Waals surface area (Å²) in [7, 11) is 0. The van der Waals surface area contributed by atoms with Crippen molar-refractivity contribution < 1.29 is 9.59 Å². The largest absolute Gasteiger partial charge is 0.340 e. The lowest BCUT2D eigenvalue weighted by atomic mass is 10.0. The highest BCUT2D eigenvalue weighted by Gasteiger charge is 2.23. The van der Waals surface area contributed by atoms with Crippen LogP contribution in [0.25, 0.3) is 0 Å². The van der Waals surface area contributed by atoms with Crippen molar-refractivity contribution in [3.05, 3.63) is 65.2 Å². The molecular formula is C21H26N2O2. The van der Waals surface area contributed by atoms with Gasteiger partial charge in [-0.15, -0.1) is 0 Å². The topological polar surface area (TPSA) is 58.2 Å². The zero-order valence-corrected chi connectivity index (χ0v) is 15.3. The molecule has 2 aromatic carbocycles. The molecule has 0 radical (unpaired) electrons. The molecule has 4 nitrogen and oxygen atoms in total. The van der Waals surface area contributed by atoms with Crippen LogP contribution in [0.2, 0.25) is 0 Å². The number of hydrogen-bond acceptors (Lipinski definition) is 2. The summed E-state index contributed by atoms with van der Waals surface area (Å²) in [6.45, 7) is 7.93. The van der Waals surface area contributed by atoms with E-state index < -0.39 is 6.04 Å². The van der Waals surface area contributed by atoms with Gasteiger partial charge in [0.1, 0.15) is 6.04 Å². The molecule has 25 heavy (non-hydrogen) atoms. The predicted molar refractivity (Wildman–Crippen MR) is 102 cm³/mol. The number of carbonyl (C=O) groups excluding carboxylic acids is 2. The van der Waals surface area contributed by atoms with E-state index in [1.807, 2.05) is 70.2 Å². The maximum absolute atomic E-state index is 12.7. The van der Waals surface area contributed by atoms with Crippen LogP contribution < -0.4 is 10.6 Å². The number of nitrogens with one attached hydrogen (secondary N) is 2. The van der Waals surface area contributed by atoms with E-state index in [1.54, 1.807) is 6.07 Å². The summed E-state index contributed by atoms with van der Waals surface area (Å²) >= 11 is 0. The van der Waals surface area contributed by atoms with Gasteiger partial charge in [0.2, 0.25) is 5.91 Å². The predicted octanol–water partition coefficient (Wildman–Crippen LogP) is 4.09. The molecular weight excluding hydrogens is 312 g/mol. The molecule has 0 saturated heterocycles. The Morgan fingerprint density at radius 2 is 1.72 bits per heavy atom. The summed E-state index contributed by atoms with van der Waals surface area (Å²) in [5.41, 5.74) is 3.30. The normalized spacial score (nSPS) is 11.9. The van der Waals surface area contributed by atoms with Crippen LogP contribution in [0.5, 0.6) is 0 Å². The SMILES string of the molecule is Cc1cccc(NC(=O)[C@@H](CC(C)C)NC(=O)c2ccccc2C)c1. The summed E-state index contributed by atoms with van der Waals surface area (Å²) in [5, 5.41) is 5.80. The Labute approximate surface area is 149 Å². The highest BCUT2D eigenvalue weighted by molar-refractivity contribution is 6.01. The maximum atomic E-state index is 12.7. The monoisotopic (exact) mass is 338 g/mol. The zero-order valence-electron chi connectivity index (χ0n) is 15.3. The maximum Gasteiger partial charge on any atom is 0.252 e. The van der Waals surface area contributed by atoms with E-state index in [-0.39, 0.29) is 17.7 Å². The summed E-state index contributed by atoms with van der Waals surface area (Å²) < 4.78 is 0. The molecule has 2 aromatic rings. The molecule has 2 N–H and O–H groups in total. The third-order valence-corrected chi connectivity index (χ3v) is 4.00. The molecule has 0 heterocycles. The fourth-order valence-corrected chi connectivity index (χ4v) is 2.72. The lowest BCUT2D eigenvalue weighted by molar-refractivity contribution is -0.118. The van der Waals surface area contributed by atoms with Crippen LogP contribution >= 0.6 is 0 Å². The van der Waals surface area contributed by atoms with Crippen LogP contribution in [-0.2, 0) is 4.79 Å². The fourth-order valence-electron chi connectivity index (χ4n) is 2.72. The van der Waals surface area contributed by atoms with Crippen LogP contribution in [0.4, 0.5) is 5.69 Å². The van der Waals surface area contributed by atoms with Crippen LogP contribution in [-0.4, -0.2) is 17.9 Å². The second kappa shape index (κ2) is 8.47. The van der Waals surface area contributed by atoms with E-state index in [9.17, 15) is 9.59 Å². The average Bonchev–Trinajstić information content (AvgIpc) is 2.54. The van der Waals surface area contributed by atoms with Gasteiger partial charge in [-0.05, 0) is 55.5 Å². The second-order valence-corrected chi connectivity index (χ2v) is 6.83. The third-order valence-electron chi connectivity index (χ3n) is 4.00. The minimum absolute atomic E-state index is 0.193. The summed E-state index contributed by atoms with van der Waals surface area (Å²) in [4.78, 5) is 25.3. The summed E-state index contributed by atoms with van der Waals surface area (Å²) in [6.07, 6.45) is 0.579. The number of rotatable bonds is 6. The Kier molecular flexibility index (Phi) is 6.34. The lowest BCUT2D eigenvalue weighted by Gasteiger charge is -2.21. The minimum atomic E-state index is -0.576. The molecule has 0 fully saturated rings. The van der Waals surface area contributed by atoms with Crippen molar-refractivity contribution in [2.45, 2.75) is 40.2 Å². The third kappa shape index (κ3) is 5.45. The highest BCUT2D eigenvalue weighted by Crippen LogP contribution is 2.14. The molecule has 2 amide bonds. The van der Waals surface area contributed by atoms with Crippen LogP contribution in [0.15, 0.2) is 48.5 Å². The Bertz CT molecular complexity index is 753. The van der Waals surface area contributed by atoms with Gasteiger partial charge < -0.3 is 10.6 Å². The quantitative estimate of drug-likeness (QED) is 0.833. The number of amides is 2. The van der Waals surface area contributed by atoms with E-state index in [0.29, 0.717) is 12.0 Å². The molecule has 0 saturated carbocycles. The van der Waals surface area contributed by atoms with Crippen molar-refractivity contribution in [1.82, 2.24) is 5.32 Å². The average molecular weight is 338 g/mol. The van der Waals surface area contributed by atoms with Crippen molar-refractivity contribution in [3.63, 3.8) is 0 Å². The van der Waals surface area contributed by atoms with E-state index in [1.165, 1.54) is 0 Å². The van der Waals surface area contributed by atoms with Gasteiger partial charge >= 0.3 is 0 Å². The first-order valence-corrected chi connectivity index (χ1v) is 8.61. The molecule has 2 rings (SSSR count). The Balaban J connectivity index is 2.13. The van der Waals surface area contributed by atoms with Gasteiger partial charge in [-0.3, -0.25) is 9.59 Å². The van der Waals surface area contributed by atoms with Gasteiger partial charge in [0, 0.05) is 11.3 Å². The number of aryl methyl sites for hydroxylation is 2. The number of carbonyl (C=O) groups is 2. The van der Waals surface area contributed by atoms with Crippen molar-refractivity contribution in [2.24, 2.45) is 5.92 Å². The first kappa shape index (κ1) is 18.7. The molecule has 132 valence electrons. The molecule has 0 aromatic heterocycles. The van der Waals surface area contributed by atoms with Crippen molar-refractivity contribution in [2.75, 3.05) is 5.32 Å². The zero-order chi connectivity index (χ0) is 18.4. The Morgan fingerprint density at radius 3 is 2.36 bits per heavy atom. The smallest absolute Gasteiger partial charge is 0.252 e. The van der Waals surface area contributed by atoms with Crippen LogP contribution in [0, 0.1) is 19.8 Å². The Hall–Kier alpha value is -2.62. The second-order valence-electron chi connectivity index (χ2n) is 6.83. The van der Waals surface area contributed by atoms with Crippen LogP contribution in [0.1, 0.15) is 41.8 Å². The summed E-state index contributed by atoms with van der Waals surface area (Å²) in [6, 6.07) is 14.4. The van der Waals surface area contributed by atoms with Crippen molar-refractivity contribution in [3.8, 4) is 0 Å². The first-order valence-electron chi connectivity index (χ1n) is 8.61. The van der Waals surface area contributed by atoms with Gasteiger partial charge in [0.15, 0.2) is 0 Å². The summed E-state index contributed by atoms with van der Waals surface area (Å²) in [5.74, 6) is -0.130. The number of hydrogen-bond donors (Lipinski definition) is 2. The first-order chi connectivity index (χ1) is 11.9. The van der Waals surface area contributed by atoms with Crippen molar-refractivity contribution >= 4 is 17.5 Å². The Morgan fingerprint density at radius 1 is 1.00 bits per heavy atom. The number of benzene rings is 2. The van der Waals surface area contributed by atoms with Gasteiger partial charge in [-0.2, -0.15) is 0 Å². The number of anilines is 1. The molecule has 0 bridgehead atoms. The molecule has 0 spiro atoms. The molecule has 0 aliphatic carbocycles. The van der Waals surface area contributed by atoms with Gasteiger partial charge in [-0.25, -0.2) is 0 Å². The molecule has 4 heteroatoms. The van der Waals surface area contributed by atoms with Gasteiger partial charge in [0.25, 0.3) is 5.91 Å². The van der Waals surface area contributed by atoms with E-state index in [0.717, 1.165) is 16.8 Å². The van der Waals surface area contributed by atoms with Gasteiger partial charge in [0.05, 0.1) is 0 Å². The van der Waals surface area contributed by atoms with E-state index >= 15 is 0 Å². The molecule has 0 aliphatic rings. The van der Waals surface area contributed by atoms with E-state index in [2.05, 4.69) is 10.6 Å². The molecule has 1 atom stereocenters. The molecule has 0 aliphatic heterocycles. The highest BCUT2D eigenvalue weighted by atomic mass is 16.2. The molecule has 0 unspecified atom stereocenters. The lowest BCUT2D eigenvalue weighted by Crippen LogP contribution is -2.44. The standard InChI is InChI=1S/C21H26N2O2/c1-14(2)12-19(21(25)22-17-10-7-8-15(3)13-17)23-20(24)18-11-6-5-9-16(18)4/h5-11,13-14,19H,12H2,1-4H3,(H,22,25)(H,23,24)/t19-/m1/s1. The van der Waals surface area contributed by atoms with Crippen LogP contribution in [0.3, 0.4) is 0 Å². The van der Waals surface area contributed by atoms with Crippen molar-refractivity contribution in [1.29, 1.82) is 0 Å². The fraction of sp³-hybridized carbons (Fsp3) is 0.333.